The highest BCUT2D eigenvalue weighted by molar-refractivity contribution is 7.89. The number of carboxylic acids is 1. The quantitative estimate of drug-likeness (QED) is 0.582. The number of rotatable bonds is 6. The highest BCUT2D eigenvalue weighted by Crippen LogP contribution is 2.22. The van der Waals surface area contributed by atoms with Crippen LogP contribution in [0.1, 0.15) is 6.92 Å². The van der Waals surface area contributed by atoms with Crippen LogP contribution in [0.5, 0.6) is 0 Å². The number of nitro benzene ring substituents is 1. The van der Waals surface area contributed by atoms with Crippen LogP contribution in [0.4, 0.5) is 5.69 Å². The first-order valence-corrected chi connectivity index (χ1v) is 6.70. The summed E-state index contributed by atoms with van der Waals surface area (Å²) in [6.45, 7) is 0.980. The molecule has 19 heavy (non-hydrogen) atoms. The van der Waals surface area contributed by atoms with Gasteiger partial charge in [-0.25, -0.2) is 13.1 Å². The molecule has 0 aliphatic heterocycles. The van der Waals surface area contributed by atoms with Gasteiger partial charge in [-0.1, -0.05) is 19.1 Å². The number of sulfonamides is 1. The molecule has 0 radical (unpaired) electrons. The van der Waals surface area contributed by atoms with Crippen molar-refractivity contribution < 1.29 is 23.2 Å². The minimum absolute atomic E-state index is 0.344. The van der Waals surface area contributed by atoms with Crippen molar-refractivity contribution in [3.8, 4) is 0 Å². The Balaban J connectivity index is 3.01. The van der Waals surface area contributed by atoms with Gasteiger partial charge in [0.1, 0.15) is 0 Å². The normalized spacial score (nSPS) is 12.9. The third-order valence-corrected chi connectivity index (χ3v) is 3.82. The largest absolute Gasteiger partial charge is 0.481 e. The summed E-state index contributed by atoms with van der Waals surface area (Å²) < 4.78 is 25.8. The summed E-state index contributed by atoms with van der Waals surface area (Å²) in [5, 5.41) is 19.4. The van der Waals surface area contributed by atoms with Crippen LogP contribution in [-0.2, 0) is 14.8 Å². The summed E-state index contributed by atoms with van der Waals surface area (Å²) in [5.74, 6) is -2.09. The first-order chi connectivity index (χ1) is 8.75. The average molecular weight is 288 g/mol. The minimum atomic E-state index is -4.12. The molecule has 0 heterocycles. The number of benzene rings is 1. The van der Waals surface area contributed by atoms with Gasteiger partial charge in [-0.2, -0.15) is 0 Å². The van der Waals surface area contributed by atoms with Gasteiger partial charge in [0, 0.05) is 12.6 Å². The number of para-hydroxylation sites is 1. The Morgan fingerprint density at radius 3 is 2.58 bits per heavy atom. The summed E-state index contributed by atoms with van der Waals surface area (Å²) >= 11 is 0. The van der Waals surface area contributed by atoms with E-state index in [9.17, 15) is 23.3 Å². The van der Waals surface area contributed by atoms with Crippen LogP contribution in [0.15, 0.2) is 29.2 Å². The lowest BCUT2D eigenvalue weighted by atomic mass is 10.2. The minimum Gasteiger partial charge on any atom is -0.481 e. The van der Waals surface area contributed by atoms with E-state index < -0.39 is 37.4 Å². The number of nitro groups is 1. The fourth-order valence-electron chi connectivity index (χ4n) is 1.24. The number of carboxylic acid groups (broad SMARTS) is 1. The molecule has 0 amide bonds. The van der Waals surface area contributed by atoms with Crippen molar-refractivity contribution in [2.24, 2.45) is 5.92 Å². The first-order valence-electron chi connectivity index (χ1n) is 5.21. The fourth-order valence-corrected chi connectivity index (χ4v) is 2.54. The Labute approximate surface area is 109 Å². The molecule has 8 nitrogen and oxygen atoms in total. The number of hydrogen-bond donors (Lipinski definition) is 2. The Kier molecular flexibility index (Phi) is 4.57. The van der Waals surface area contributed by atoms with Crippen molar-refractivity contribution in [2.75, 3.05) is 6.54 Å². The molecule has 1 aromatic rings. The van der Waals surface area contributed by atoms with Crippen LogP contribution in [0.2, 0.25) is 0 Å². The number of carbonyl (C=O) groups is 1. The van der Waals surface area contributed by atoms with Crippen LogP contribution < -0.4 is 4.72 Å². The van der Waals surface area contributed by atoms with Crippen LogP contribution in [0.25, 0.3) is 0 Å². The van der Waals surface area contributed by atoms with Gasteiger partial charge in [-0.15, -0.1) is 0 Å². The Bertz CT molecular complexity index is 598. The molecular weight excluding hydrogens is 276 g/mol. The van der Waals surface area contributed by atoms with Gasteiger partial charge in [0.2, 0.25) is 10.0 Å². The summed E-state index contributed by atoms with van der Waals surface area (Å²) in [6.07, 6.45) is 0. The molecule has 0 spiro atoms. The van der Waals surface area contributed by atoms with Gasteiger partial charge in [0.15, 0.2) is 4.90 Å². The third-order valence-electron chi connectivity index (χ3n) is 2.35. The molecule has 1 rings (SSSR count). The Morgan fingerprint density at radius 1 is 1.47 bits per heavy atom. The molecule has 0 saturated carbocycles. The molecule has 0 saturated heterocycles. The lowest BCUT2D eigenvalue weighted by Crippen LogP contribution is -2.31. The van der Waals surface area contributed by atoms with Crippen LogP contribution >= 0.6 is 0 Å². The van der Waals surface area contributed by atoms with Crippen LogP contribution in [0.3, 0.4) is 0 Å². The van der Waals surface area contributed by atoms with E-state index in [1.54, 1.807) is 0 Å². The second kappa shape index (κ2) is 5.76. The van der Waals surface area contributed by atoms with Crippen molar-refractivity contribution in [3.63, 3.8) is 0 Å². The number of nitrogens with one attached hydrogen (secondary N) is 1. The number of nitrogens with zero attached hydrogens (tertiary/aromatic N) is 1. The van der Waals surface area contributed by atoms with Gasteiger partial charge >= 0.3 is 5.97 Å². The lowest BCUT2D eigenvalue weighted by molar-refractivity contribution is -0.387. The molecule has 1 aromatic carbocycles. The fraction of sp³-hybridized carbons (Fsp3) is 0.300. The molecule has 2 N–H and O–H groups in total. The summed E-state index contributed by atoms with van der Waals surface area (Å²) in [6, 6.07) is 4.85. The van der Waals surface area contributed by atoms with E-state index in [0.717, 1.165) is 12.1 Å². The highest BCUT2D eigenvalue weighted by Gasteiger charge is 2.25. The monoisotopic (exact) mass is 288 g/mol. The number of aliphatic carboxylic acids is 1. The van der Waals surface area contributed by atoms with Crippen molar-refractivity contribution in [3.05, 3.63) is 34.4 Å². The molecule has 0 bridgehead atoms. The van der Waals surface area contributed by atoms with Crippen molar-refractivity contribution in [2.45, 2.75) is 11.8 Å². The van der Waals surface area contributed by atoms with Crippen molar-refractivity contribution >= 4 is 21.7 Å². The van der Waals surface area contributed by atoms with Crippen molar-refractivity contribution in [1.82, 2.24) is 4.72 Å². The zero-order valence-corrected chi connectivity index (χ0v) is 10.8. The Morgan fingerprint density at radius 2 is 2.05 bits per heavy atom. The summed E-state index contributed by atoms with van der Waals surface area (Å²) in [5.41, 5.74) is -0.557. The maximum Gasteiger partial charge on any atom is 0.307 e. The van der Waals surface area contributed by atoms with Gasteiger partial charge in [0.25, 0.3) is 5.69 Å². The van der Waals surface area contributed by atoms with Gasteiger partial charge in [-0.3, -0.25) is 14.9 Å². The zero-order chi connectivity index (χ0) is 14.6. The second-order valence-electron chi connectivity index (χ2n) is 3.82. The molecule has 0 fully saturated rings. The lowest BCUT2D eigenvalue weighted by Gasteiger charge is -2.09. The summed E-state index contributed by atoms with van der Waals surface area (Å²) in [7, 11) is -4.12. The van der Waals surface area contributed by atoms with Gasteiger partial charge < -0.3 is 5.11 Å². The highest BCUT2D eigenvalue weighted by atomic mass is 32.2. The van der Waals surface area contributed by atoms with Crippen molar-refractivity contribution in [1.29, 1.82) is 0 Å². The molecule has 104 valence electrons. The molecular formula is C10H12N2O6S. The van der Waals surface area contributed by atoms with E-state index in [-0.39, 0.29) is 6.54 Å². The van der Waals surface area contributed by atoms with Crippen LogP contribution in [-0.4, -0.2) is 31.0 Å². The molecule has 9 heteroatoms. The zero-order valence-electron chi connectivity index (χ0n) is 9.94. The molecule has 0 aliphatic rings. The predicted molar refractivity (Wildman–Crippen MR) is 65.1 cm³/mol. The maximum absolute atomic E-state index is 11.9. The first kappa shape index (κ1) is 15.1. The van der Waals surface area contributed by atoms with E-state index in [4.69, 9.17) is 5.11 Å². The molecule has 0 aliphatic carbocycles. The topological polar surface area (TPSA) is 127 Å². The SMILES string of the molecule is CC(CNS(=O)(=O)c1ccccc1[N+](=O)[O-])C(=O)O. The smallest absolute Gasteiger partial charge is 0.307 e. The summed E-state index contributed by atoms with van der Waals surface area (Å²) in [4.78, 5) is 20.0. The predicted octanol–water partition coefficient (Wildman–Crippen LogP) is 0.594. The van der Waals surface area contributed by atoms with E-state index in [0.29, 0.717) is 0 Å². The van der Waals surface area contributed by atoms with Gasteiger partial charge in [0.05, 0.1) is 10.8 Å². The average Bonchev–Trinajstić information content (AvgIpc) is 2.35. The molecule has 1 unspecified atom stereocenters. The molecule has 0 aromatic heterocycles. The van der Waals surface area contributed by atoms with E-state index in [2.05, 4.69) is 0 Å². The third kappa shape index (κ3) is 3.73. The standard InChI is InChI=1S/C10H12N2O6S/c1-7(10(13)14)6-11-19(17,18)9-5-3-2-4-8(9)12(15)16/h2-5,7,11H,6H2,1H3,(H,13,14). The van der Waals surface area contributed by atoms with E-state index in [1.165, 1.54) is 19.1 Å². The second-order valence-corrected chi connectivity index (χ2v) is 5.55. The van der Waals surface area contributed by atoms with E-state index >= 15 is 0 Å². The van der Waals surface area contributed by atoms with Gasteiger partial charge in [-0.05, 0) is 6.07 Å². The Hall–Kier alpha value is -2.00. The van der Waals surface area contributed by atoms with Crippen LogP contribution in [0, 0.1) is 16.0 Å². The number of hydrogen-bond acceptors (Lipinski definition) is 5. The maximum atomic E-state index is 11.9. The molecule has 1 atom stereocenters. The van der Waals surface area contributed by atoms with E-state index in [1.807, 2.05) is 4.72 Å².